The lowest BCUT2D eigenvalue weighted by atomic mass is 9.98. The number of likely N-dealkylation sites (tertiary alicyclic amines) is 1. The van der Waals surface area contributed by atoms with Crippen molar-refractivity contribution < 1.29 is 13.9 Å². The summed E-state index contributed by atoms with van der Waals surface area (Å²) in [5.74, 6) is 2.57. The minimum Gasteiger partial charge on any atom is -0.497 e. The number of carbonyl (C=O) groups excluding carboxylic acids is 1. The molecule has 7 heteroatoms. The van der Waals surface area contributed by atoms with Gasteiger partial charge in [0, 0.05) is 19.5 Å². The summed E-state index contributed by atoms with van der Waals surface area (Å²) in [4.78, 5) is 24.1. The van der Waals surface area contributed by atoms with Gasteiger partial charge in [0.05, 0.1) is 30.4 Å². The molecule has 0 aliphatic carbocycles. The number of ether oxygens (including phenoxy) is 1. The standard InChI is InChI=1S/C21H23N3O3S/c1-14-19(28-13-23-14)21(25)24-8-4-6-16(12-24)20-22-11-18(27-20)10-15-5-3-7-17(9-15)26-2/h3,5,7,9,11,13,16H,4,6,8,10,12H2,1-2H3/t16-/m1/s1. The molecule has 1 aliphatic rings. The Bertz CT molecular complexity index is 965. The van der Waals surface area contributed by atoms with Crippen LogP contribution in [0.3, 0.4) is 0 Å². The van der Waals surface area contributed by atoms with Gasteiger partial charge in [0.1, 0.15) is 16.4 Å². The van der Waals surface area contributed by atoms with Crippen molar-refractivity contribution in [3.63, 3.8) is 0 Å². The number of aromatic nitrogens is 2. The van der Waals surface area contributed by atoms with Crippen molar-refractivity contribution in [2.45, 2.75) is 32.1 Å². The molecule has 146 valence electrons. The molecule has 0 unspecified atom stereocenters. The minimum absolute atomic E-state index is 0.0628. The molecule has 1 aliphatic heterocycles. The number of nitrogens with zero attached hydrogens (tertiary/aromatic N) is 3. The molecule has 0 saturated carbocycles. The van der Waals surface area contributed by atoms with Gasteiger partial charge in [-0.3, -0.25) is 4.79 Å². The summed E-state index contributed by atoms with van der Waals surface area (Å²) in [7, 11) is 1.66. The maximum Gasteiger partial charge on any atom is 0.265 e. The fraction of sp³-hybridized carbons (Fsp3) is 0.381. The van der Waals surface area contributed by atoms with Crippen LogP contribution < -0.4 is 4.74 Å². The monoisotopic (exact) mass is 397 g/mol. The molecule has 0 bridgehead atoms. The molecule has 1 saturated heterocycles. The number of methoxy groups -OCH3 is 1. The number of benzene rings is 1. The summed E-state index contributed by atoms with van der Waals surface area (Å²) >= 11 is 1.41. The van der Waals surface area contributed by atoms with Crippen LogP contribution in [0.4, 0.5) is 0 Å². The fourth-order valence-electron chi connectivity index (χ4n) is 3.59. The Morgan fingerprint density at radius 1 is 1.39 bits per heavy atom. The molecule has 1 amide bonds. The van der Waals surface area contributed by atoms with Gasteiger partial charge in [-0.15, -0.1) is 11.3 Å². The summed E-state index contributed by atoms with van der Waals surface area (Å²) in [6.07, 6.45) is 4.38. The molecule has 0 radical (unpaired) electrons. The van der Waals surface area contributed by atoms with E-state index in [2.05, 4.69) is 9.97 Å². The summed E-state index contributed by atoms with van der Waals surface area (Å²) in [5, 5.41) is 0. The van der Waals surface area contributed by atoms with Crippen LogP contribution in [0.5, 0.6) is 5.75 Å². The predicted octanol–water partition coefficient (Wildman–Crippen LogP) is 4.06. The molecule has 1 fully saturated rings. The van der Waals surface area contributed by atoms with E-state index < -0.39 is 0 Å². The zero-order chi connectivity index (χ0) is 19.5. The SMILES string of the molecule is COc1cccc(Cc2cnc([C@@H]3CCCN(C(=O)c4scnc4C)C3)o2)c1. The van der Waals surface area contributed by atoms with Gasteiger partial charge in [0.25, 0.3) is 5.91 Å². The molecule has 2 aromatic heterocycles. The lowest BCUT2D eigenvalue weighted by molar-refractivity contribution is 0.0702. The third-order valence-corrected chi connectivity index (χ3v) is 6.00. The molecule has 0 spiro atoms. The largest absolute Gasteiger partial charge is 0.497 e. The quantitative estimate of drug-likeness (QED) is 0.649. The van der Waals surface area contributed by atoms with E-state index in [4.69, 9.17) is 9.15 Å². The van der Waals surface area contributed by atoms with E-state index >= 15 is 0 Å². The number of amides is 1. The second kappa shape index (κ2) is 8.14. The lowest BCUT2D eigenvalue weighted by Gasteiger charge is -2.31. The number of hydrogen-bond donors (Lipinski definition) is 0. The number of piperidine rings is 1. The van der Waals surface area contributed by atoms with Crippen molar-refractivity contribution in [2.24, 2.45) is 0 Å². The molecular weight excluding hydrogens is 374 g/mol. The van der Waals surface area contributed by atoms with Crippen molar-refractivity contribution in [1.29, 1.82) is 0 Å². The Hall–Kier alpha value is -2.67. The number of hydrogen-bond acceptors (Lipinski definition) is 6. The molecule has 1 aromatic carbocycles. The summed E-state index contributed by atoms with van der Waals surface area (Å²) < 4.78 is 11.3. The Morgan fingerprint density at radius 2 is 2.29 bits per heavy atom. The molecule has 4 rings (SSSR count). The van der Waals surface area contributed by atoms with Crippen LogP contribution in [-0.4, -0.2) is 41.0 Å². The van der Waals surface area contributed by atoms with Gasteiger partial charge < -0.3 is 14.1 Å². The van der Waals surface area contributed by atoms with Crippen LogP contribution in [0.1, 0.15) is 51.3 Å². The van der Waals surface area contributed by atoms with Gasteiger partial charge >= 0.3 is 0 Å². The summed E-state index contributed by atoms with van der Waals surface area (Å²) in [6, 6.07) is 7.94. The van der Waals surface area contributed by atoms with Gasteiger partial charge in [-0.25, -0.2) is 9.97 Å². The van der Waals surface area contributed by atoms with Crippen LogP contribution in [-0.2, 0) is 6.42 Å². The molecule has 1 atom stereocenters. The summed E-state index contributed by atoms with van der Waals surface area (Å²) in [6.45, 7) is 3.28. The third kappa shape index (κ3) is 3.94. The van der Waals surface area contributed by atoms with E-state index in [1.807, 2.05) is 36.1 Å². The molecule has 0 N–H and O–H groups in total. The second-order valence-corrected chi connectivity index (χ2v) is 7.91. The van der Waals surface area contributed by atoms with Crippen molar-refractivity contribution in [2.75, 3.05) is 20.2 Å². The average Bonchev–Trinajstić information content (AvgIpc) is 3.37. The Kier molecular flexibility index (Phi) is 5.43. The van der Waals surface area contributed by atoms with Gasteiger partial charge in [0.15, 0.2) is 5.89 Å². The molecule has 6 nitrogen and oxygen atoms in total. The Morgan fingerprint density at radius 3 is 3.07 bits per heavy atom. The first-order valence-corrected chi connectivity index (χ1v) is 10.3. The fourth-order valence-corrected chi connectivity index (χ4v) is 4.36. The van der Waals surface area contributed by atoms with Crippen LogP contribution >= 0.6 is 11.3 Å². The van der Waals surface area contributed by atoms with Gasteiger partial charge in [-0.1, -0.05) is 12.1 Å². The Labute approximate surface area is 168 Å². The van der Waals surface area contributed by atoms with Crippen molar-refractivity contribution in [3.8, 4) is 5.75 Å². The smallest absolute Gasteiger partial charge is 0.265 e. The first-order chi connectivity index (χ1) is 13.6. The van der Waals surface area contributed by atoms with Crippen LogP contribution in [0.2, 0.25) is 0 Å². The van der Waals surface area contributed by atoms with E-state index in [1.165, 1.54) is 11.3 Å². The van der Waals surface area contributed by atoms with E-state index in [1.54, 1.807) is 18.8 Å². The van der Waals surface area contributed by atoms with Gasteiger partial charge in [0.2, 0.25) is 0 Å². The highest BCUT2D eigenvalue weighted by Gasteiger charge is 2.29. The number of thiazole rings is 1. The number of carbonyl (C=O) groups is 1. The zero-order valence-electron chi connectivity index (χ0n) is 16.1. The van der Waals surface area contributed by atoms with Gasteiger partial charge in [-0.05, 0) is 37.5 Å². The van der Waals surface area contributed by atoms with Crippen LogP contribution in [0.15, 0.2) is 40.4 Å². The maximum atomic E-state index is 12.8. The van der Waals surface area contributed by atoms with Gasteiger partial charge in [-0.2, -0.15) is 0 Å². The highest BCUT2D eigenvalue weighted by molar-refractivity contribution is 7.11. The topological polar surface area (TPSA) is 68.5 Å². The maximum absolute atomic E-state index is 12.8. The molecule has 3 aromatic rings. The Balaban J connectivity index is 1.44. The number of oxazole rings is 1. The van der Waals surface area contributed by atoms with Crippen LogP contribution in [0.25, 0.3) is 0 Å². The molecule has 28 heavy (non-hydrogen) atoms. The van der Waals surface area contributed by atoms with Crippen molar-refractivity contribution in [1.82, 2.24) is 14.9 Å². The average molecular weight is 398 g/mol. The van der Waals surface area contributed by atoms with E-state index in [0.29, 0.717) is 13.0 Å². The van der Waals surface area contributed by atoms with E-state index in [-0.39, 0.29) is 11.8 Å². The highest BCUT2D eigenvalue weighted by Crippen LogP contribution is 2.29. The minimum atomic E-state index is 0.0628. The third-order valence-electron chi connectivity index (χ3n) is 5.08. The van der Waals surface area contributed by atoms with Crippen molar-refractivity contribution in [3.05, 3.63) is 63.8 Å². The second-order valence-electron chi connectivity index (χ2n) is 7.05. The summed E-state index contributed by atoms with van der Waals surface area (Å²) in [5.41, 5.74) is 3.64. The van der Waals surface area contributed by atoms with Crippen molar-refractivity contribution >= 4 is 17.2 Å². The molecular formula is C21H23N3O3S. The normalized spacial score (nSPS) is 16.9. The number of aryl methyl sites for hydroxylation is 1. The first kappa shape index (κ1) is 18.7. The first-order valence-electron chi connectivity index (χ1n) is 9.41. The number of rotatable bonds is 5. The van der Waals surface area contributed by atoms with E-state index in [9.17, 15) is 4.79 Å². The van der Waals surface area contributed by atoms with Crippen LogP contribution in [0, 0.1) is 6.92 Å². The lowest BCUT2D eigenvalue weighted by Crippen LogP contribution is -2.39. The molecule has 3 heterocycles. The zero-order valence-corrected chi connectivity index (χ0v) is 16.9. The van der Waals surface area contributed by atoms with E-state index in [0.717, 1.165) is 52.9 Å². The highest BCUT2D eigenvalue weighted by atomic mass is 32.1. The predicted molar refractivity (Wildman–Crippen MR) is 107 cm³/mol.